The smallest absolute Gasteiger partial charge is 0.253 e. The third-order valence-corrected chi connectivity index (χ3v) is 6.09. The molecule has 0 aliphatic carbocycles. The van der Waals surface area contributed by atoms with Crippen LogP contribution in [0.25, 0.3) is 0 Å². The number of nitrogens with zero attached hydrogens (tertiary/aromatic N) is 5. The van der Waals surface area contributed by atoms with E-state index in [2.05, 4.69) is 21.8 Å². The van der Waals surface area contributed by atoms with Crippen LogP contribution in [0.1, 0.15) is 35.7 Å². The zero-order valence-corrected chi connectivity index (χ0v) is 17.5. The molecule has 7 heteroatoms. The molecule has 2 fully saturated rings. The minimum Gasteiger partial charge on any atom is -0.340 e. The summed E-state index contributed by atoms with van der Waals surface area (Å²) in [6.45, 7) is 5.99. The van der Waals surface area contributed by atoms with Crippen LogP contribution in [0.15, 0.2) is 42.7 Å². The topological polar surface area (TPSA) is 69.6 Å². The third kappa shape index (κ3) is 4.45. The molecule has 2 aliphatic heterocycles. The van der Waals surface area contributed by atoms with Crippen LogP contribution >= 0.6 is 0 Å². The van der Waals surface area contributed by atoms with E-state index in [1.807, 2.05) is 34.1 Å². The maximum absolute atomic E-state index is 13.1. The minimum atomic E-state index is -0.0357. The molecule has 0 bridgehead atoms. The molecule has 3 heterocycles. The van der Waals surface area contributed by atoms with E-state index < -0.39 is 0 Å². The molecule has 0 spiro atoms. The Morgan fingerprint density at radius 3 is 2.30 bits per heavy atom. The van der Waals surface area contributed by atoms with Crippen LogP contribution in [0.4, 0.5) is 5.95 Å². The molecule has 158 valence electrons. The average molecular weight is 408 g/mol. The minimum absolute atomic E-state index is 0.0357. The summed E-state index contributed by atoms with van der Waals surface area (Å²) in [6, 6.07) is 9.63. The van der Waals surface area contributed by atoms with Gasteiger partial charge in [0, 0.05) is 57.2 Å². The van der Waals surface area contributed by atoms with Crippen LogP contribution in [0, 0.1) is 5.92 Å². The predicted octanol–water partition coefficient (Wildman–Crippen LogP) is 2.24. The number of piperidine rings is 1. The number of carbonyl (C=O) groups is 2. The SMILES string of the molecule is CCc1ccc(C(=O)N2CCN(C(=O)C3CCCN(c4ncccn4)C3)CC2)cc1. The number of carbonyl (C=O) groups excluding carboxylic acids is 2. The van der Waals surface area contributed by atoms with Crippen molar-refractivity contribution in [2.75, 3.05) is 44.2 Å². The first-order valence-electron chi connectivity index (χ1n) is 10.8. The zero-order valence-electron chi connectivity index (χ0n) is 17.5. The molecule has 2 aromatic rings. The summed E-state index contributed by atoms with van der Waals surface area (Å²) in [6.07, 6.45) is 6.29. The van der Waals surface area contributed by atoms with Crippen molar-refractivity contribution < 1.29 is 9.59 Å². The largest absolute Gasteiger partial charge is 0.340 e. The van der Waals surface area contributed by atoms with Crippen molar-refractivity contribution >= 4 is 17.8 Å². The molecule has 0 N–H and O–H groups in total. The van der Waals surface area contributed by atoms with Gasteiger partial charge in [-0.1, -0.05) is 19.1 Å². The average Bonchev–Trinajstić information content (AvgIpc) is 2.84. The summed E-state index contributed by atoms with van der Waals surface area (Å²) in [7, 11) is 0. The van der Waals surface area contributed by atoms with Crippen LogP contribution in [0.3, 0.4) is 0 Å². The van der Waals surface area contributed by atoms with Crippen molar-refractivity contribution in [3.8, 4) is 0 Å². The summed E-state index contributed by atoms with van der Waals surface area (Å²) < 4.78 is 0. The lowest BCUT2D eigenvalue weighted by Crippen LogP contribution is -2.53. The molecule has 2 amide bonds. The van der Waals surface area contributed by atoms with Crippen molar-refractivity contribution in [2.45, 2.75) is 26.2 Å². The van der Waals surface area contributed by atoms with Gasteiger partial charge in [0.05, 0.1) is 5.92 Å². The molecule has 1 aromatic carbocycles. The van der Waals surface area contributed by atoms with E-state index in [-0.39, 0.29) is 17.7 Å². The number of piperazine rings is 1. The molecular formula is C23H29N5O2. The highest BCUT2D eigenvalue weighted by atomic mass is 16.2. The first-order chi connectivity index (χ1) is 14.7. The fraction of sp³-hybridized carbons (Fsp3) is 0.478. The summed E-state index contributed by atoms with van der Waals surface area (Å²) in [4.78, 5) is 40.4. The van der Waals surface area contributed by atoms with Crippen molar-refractivity contribution in [1.29, 1.82) is 0 Å². The molecule has 30 heavy (non-hydrogen) atoms. The number of aromatic nitrogens is 2. The summed E-state index contributed by atoms with van der Waals surface area (Å²) >= 11 is 0. The van der Waals surface area contributed by atoms with Crippen molar-refractivity contribution in [3.63, 3.8) is 0 Å². The molecule has 2 aliphatic rings. The van der Waals surface area contributed by atoms with Gasteiger partial charge in [0.15, 0.2) is 0 Å². The molecule has 1 unspecified atom stereocenters. The number of amides is 2. The summed E-state index contributed by atoms with van der Waals surface area (Å²) in [5.74, 6) is 0.899. The van der Waals surface area contributed by atoms with Crippen LogP contribution in [0.2, 0.25) is 0 Å². The quantitative estimate of drug-likeness (QED) is 0.778. The molecule has 0 radical (unpaired) electrons. The van der Waals surface area contributed by atoms with Gasteiger partial charge in [-0.3, -0.25) is 9.59 Å². The van der Waals surface area contributed by atoms with Crippen LogP contribution in [-0.4, -0.2) is 70.9 Å². The Kier molecular flexibility index (Phi) is 6.26. The van der Waals surface area contributed by atoms with Gasteiger partial charge in [-0.25, -0.2) is 9.97 Å². The molecule has 7 nitrogen and oxygen atoms in total. The number of anilines is 1. The lowest BCUT2D eigenvalue weighted by Gasteiger charge is -2.39. The fourth-order valence-electron chi connectivity index (χ4n) is 4.27. The van der Waals surface area contributed by atoms with Gasteiger partial charge in [-0.05, 0) is 43.0 Å². The fourth-order valence-corrected chi connectivity index (χ4v) is 4.27. The maximum Gasteiger partial charge on any atom is 0.253 e. The van der Waals surface area contributed by atoms with E-state index in [4.69, 9.17) is 0 Å². The van der Waals surface area contributed by atoms with Gasteiger partial charge in [-0.2, -0.15) is 0 Å². The molecule has 1 atom stereocenters. The Hall–Kier alpha value is -2.96. The summed E-state index contributed by atoms with van der Waals surface area (Å²) in [5, 5.41) is 0. The van der Waals surface area contributed by atoms with E-state index in [0.717, 1.165) is 31.4 Å². The van der Waals surface area contributed by atoms with Crippen molar-refractivity contribution in [3.05, 3.63) is 53.9 Å². The van der Waals surface area contributed by atoms with Gasteiger partial charge in [0.25, 0.3) is 5.91 Å². The predicted molar refractivity (Wildman–Crippen MR) is 115 cm³/mol. The van der Waals surface area contributed by atoms with Gasteiger partial charge in [0.2, 0.25) is 11.9 Å². The second-order valence-electron chi connectivity index (χ2n) is 8.00. The molecule has 2 saturated heterocycles. The molecule has 1 aromatic heterocycles. The normalized spacial score (nSPS) is 19.6. The Morgan fingerprint density at radius 1 is 0.967 bits per heavy atom. The Labute approximate surface area is 177 Å². The van der Waals surface area contributed by atoms with Crippen LogP contribution in [0.5, 0.6) is 0 Å². The lowest BCUT2D eigenvalue weighted by atomic mass is 9.96. The van der Waals surface area contributed by atoms with Gasteiger partial charge >= 0.3 is 0 Å². The maximum atomic E-state index is 13.1. The number of benzene rings is 1. The van der Waals surface area contributed by atoms with E-state index in [1.165, 1.54) is 5.56 Å². The van der Waals surface area contributed by atoms with E-state index in [9.17, 15) is 9.59 Å². The molecular weight excluding hydrogens is 378 g/mol. The zero-order chi connectivity index (χ0) is 20.9. The first kappa shape index (κ1) is 20.3. The van der Waals surface area contributed by atoms with Gasteiger partial charge in [0.1, 0.15) is 0 Å². The van der Waals surface area contributed by atoms with E-state index >= 15 is 0 Å². The lowest BCUT2D eigenvalue weighted by molar-refractivity contribution is -0.137. The monoisotopic (exact) mass is 407 g/mol. The highest BCUT2D eigenvalue weighted by molar-refractivity contribution is 5.94. The molecule has 4 rings (SSSR count). The number of aryl methyl sites for hydroxylation is 1. The van der Waals surface area contributed by atoms with Crippen LogP contribution in [-0.2, 0) is 11.2 Å². The Balaban J connectivity index is 1.32. The van der Waals surface area contributed by atoms with E-state index in [0.29, 0.717) is 38.7 Å². The number of hydrogen-bond donors (Lipinski definition) is 0. The summed E-state index contributed by atoms with van der Waals surface area (Å²) in [5.41, 5.74) is 1.95. The Morgan fingerprint density at radius 2 is 1.63 bits per heavy atom. The number of rotatable bonds is 4. The van der Waals surface area contributed by atoms with Crippen molar-refractivity contribution in [2.24, 2.45) is 5.92 Å². The first-order valence-corrected chi connectivity index (χ1v) is 10.8. The highest BCUT2D eigenvalue weighted by Gasteiger charge is 2.32. The second-order valence-corrected chi connectivity index (χ2v) is 8.00. The van der Waals surface area contributed by atoms with Crippen molar-refractivity contribution in [1.82, 2.24) is 19.8 Å². The second kappa shape index (κ2) is 9.24. The Bertz CT molecular complexity index is 863. The van der Waals surface area contributed by atoms with Gasteiger partial charge in [-0.15, -0.1) is 0 Å². The third-order valence-electron chi connectivity index (χ3n) is 6.09. The molecule has 0 saturated carbocycles. The van der Waals surface area contributed by atoms with Crippen LogP contribution < -0.4 is 4.90 Å². The highest BCUT2D eigenvalue weighted by Crippen LogP contribution is 2.22. The standard InChI is InChI=1S/C23H29N5O2/c1-2-18-6-8-19(9-7-18)21(29)26-13-15-27(16-14-26)22(30)20-5-3-12-28(17-20)23-24-10-4-11-25-23/h4,6-11,20H,2-3,5,12-17H2,1H3. The number of hydrogen-bond acceptors (Lipinski definition) is 5. The van der Waals surface area contributed by atoms with Gasteiger partial charge < -0.3 is 14.7 Å². The van der Waals surface area contributed by atoms with E-state index in [1.54, 1.807) is 18.5 Å².